The van der Waals surface area contributed by atoms with Gasteiger partial charge in [-0.3, -0.25) is 9.59 Å². The van der Waals surface area contributed by atoms with Gasteiger partial charge in [-0.1, -0.05) is 30.4 Å². The first-order chi connectivity index (χ1) is 14.1. The zero-order valence-corrected chi connectivity index (χ0v) is 17.2. The molecular formula is C20H24N6O2S. The van der Waals surface area contributed by atoms with E-state index in [4.69, 9.17) is 4.98 Å². The van der Waals surface area contributed by atoms with Crippen molar-refractivity contribution in [2.24, 2.45) is 0 Å². The van der Waals surface area contributed by atoms with Gasteiger partial charge in [0.1, 0.15) is 10.8 Å². The van der Waals surface area contributed by atoms with Crippen LogP contribution in [0.2, 0.25) is 0 Å². The van der Waals surface area contributed by atoms with Crippen molar-refractivity contribution >= 4 is 39.3 Å². The normalized spacial score (nSPS) is 16.9. The smallest absolute Gasteiger partial charge is 0.226 e. The number of amides is 2. The first-order valence-electron chi connectivity index (χ1n) is 9.97. The summed E-state index contributed by atoms with van der Waals surface area (Å²) in [5, 5.41) is 12.0. The number of para-hydroxylation sites is 2. The van der Waals surface area contributed by atoms with Crippen LogP contribution < -0.4 is 5.32 Å². The molecule has 0 spiro atoms. The van der Waals surface area contributed by atoms with Crippen molar-refractivity contribution in [3.63, 3.8) is 0 Å². The predicted octanol–water partition coefficient (Wildman–Crippen LogP) is 3.10. The van der Waals surface area contributed by atoms with Crippen molar-refractivity contribution in [3.8, 4) is 0 Å². The number of likely N-dealkylation sites (tertiary alicyclic amines) is 1. The van der Waals surface area contributed by atoms with E-state index >= 15 is 0 Å². The quantitative estimate of drug-likeness (QED) is 0.647. The highest BCUT2D eigenvalue weighted by atomic mass is 32.1. The summed E-state index contributed by atoms with van der Waals surface area (Å²) >= 11 is 1.36. The summed E-state index contributed by atoms with van der Waals surface area (Å²) < 4.78 is 0. The van der Waals surface area contributed by atoms with E-state index in [1.54, 1.807) is 0 Å². The maximum atomic E-state index is 12.6. The highest BCUT2D eigenvalue weighted by Crippen LogP contribution is 2.27. The van der Waals surface area contributed by atoms with Gasteiger partial charge in [-0.2, -0.15) is 0 Å². The van der Waals surface area contributed by atoms with Gasteiger partial charge >= 0.3 is 0 Å². The number of benzene rings is 1. The number of H-pyrrole nitrogens is 1. The van der Waals surface area contributed by atoms with Gasteiger partial charge in [-0.05, 0) is 31.4 Å². The third kappa shape index (κ3) is 4.61. The molecule has 0 bridgehead atoms. The second-order valence-corrected chi connectivity index (χ2v) is 8.28. The molecule has 3 aromatic rings. The molecule has 8 nitrogen and oxygen atoms in total. The molecular weight excluding hydrogens is 388 g/mol. The Balaban J connectivity index is 1.30. The SMILES string of the molecule is CCc1nnc(NC(=O)CCC(=O)N2CCCC(c3nc4ccccc4[nH]3)C2)s1. The number of nitrogens with one attached hydrogen (secondary N) is 2. The number of rotatable bonds is 6. The highest BCUT2D eigenvalue weighted by Gasteiger charge is 2.27. The molecule has 9 heteroatoms. The van der Waals surface area contributed by atoms with Crippen LogP contribution in [0.25, 0.3) is 11.0 Å². The molecule has 2 N–H and O–H groups in total. The van der Waals surface area contributed by atoms with Gasteiger partial charge in [0.25, 0.3) is 0 Å². The number of anilines is 1. The maximum Gasteiger partial charge on any atom is 0.226 e. The monoisotopic (exact) mass is 412 g/mol. The average Bonchev–Trinajstić information content (AvgIpc) is 3.38. The first-order valence-corrected chi connectivity index (χ1v) is 10.8. The molecule has 1 aromatic carbocycles. The van der Waals surface area contributed by atoms with Crippen LogP contribution in [0, 0.1) is 0 Å². The summed E-state index contributed by atoms with van der Waals surface area (Å²) in [6, 6.07) is 7.95. The maximum absolute atomic E-state index is 12.6. The Bertz CT molecular complexity index is 980. The lowest BCUT2D eigenvalue weighted by Gasteiger charge is -2.32. The van der Waals surface area contributed by atoms with Gasteiger partial charge in [0.2, 0.25) is 16.9 Å². The molecule has 0 radical (unpaired) electrons. The number of hydrogen-bond donors (Lipinski definition) is 2. The molecule has 0 aliphatic carbocycles. The summed E-state index contributed by atoms with van der Waals surface area (Å²) in [5.41, 5.74) is 1.97. The fraction of sp³-hybridized carbons (Fsp3) is 0.450. The molecule has 152 valence electrons. The minimum atomic E-state index is -0.206. The zero-order valence-electron chi connectivity index (χ0n) is 16.4. The second kappa shape index (κ2) is 8.69. The van der Waals surface area contributed by atoms with Crippen molar-refractivity contribution in [2.45, 2.75) is 44.9 Å². The second-order valence-electron chi connectivity index (χ2n) is 7.22. The average molecular weight is 413 g/mol. The molecule has 3 heterocycles. The summed E-state index contributed by atoms with van der Waals surface area (Å²) in [6.45, 7) is 3.35. The number of aromatic amines is 1. The van der Waals surface area contributed by atoms with E-state index < -0.39 is 0 Å². The van der Waals surface area contributed by atoms with Gasteiger partial charge < -0.3 is 15.2 Å². The van der Waals surface area contributed by atoms with Crippen LogP contribution in [-0.2, 0) is 16.0 Å². The fourth-order valence-electron chi connectivity index (χ4n) is 3.60. The summed E-state index contributed by atoms with van der Waals surface area (Å²) in [4.78, 5) is 34.7. The molecule has 29 heavy (non-hydrogen) atoms. The van der Waals surface area contributed by atoms with E-state index in [-0.39, 0.29) is 30.6 Å². The fourth-order valence-corrected chi connectivity index (χ4v) is 4.30. The zero-order chi connectivity index (χ0) is 20.2. The lowest BCUT2D eigenvalue weighted by Crippen LogP contribution is -2.39. The standard InChI is InChI=1S/C20H24N6O2S/c1-2-17-24-25-20(29-17)23-16(27)9-10-18(28)26-11-5-6-13(12-26)19-21-14-7-3-4-8-15(14)22-19/h3-4,7-8,13H,2,5-6,9-12H2,1H3,(H,21,22)(H,23,25,27). The number of aryl methyl sites for hydroxylation is 1. The van der Waals surface area contributed by atoms with Crippen LogP contribution in [0.15, 0.2) is 24.3 Å². The molecule has 0 saturated carbocycles. The van der Waals surface area contributed by atoms with Gasteiger partial charge in [0.05, 0.1) is 11.0 Å². The Labute approximate surface area is 172 Å². The topological polar surface area (TPSA) is 104 Å². The van der Waals surface area contributed by atoms with Crippen molar-refractivity contribution in [3.05, 3.63) is 35.1 Å². The number of piperidine rings is 1. The molecule has 1 atom stereocenters. The van der Waals surface area contributed by atoms with Gasteiger partial charge in [-0.25, -0.2) is 4.98 Å². The number of aromatic nitrogens is 4. The van der Waals surface area contributed by atoms with Crippen molar-refractivity contribution < 1.29 is 9.59 Å². The molecule has 1 aliphatic rings. The van der Waals surface area contributed by atoms with Crippen LogP contribution in [0.4, 0.5) is 5.13 Å². The Morgan fingerprint density at radius 3 is 2.93 bits per heavy atom. The molecule has 1 fully saturated rings. The summed E-state index contributed by atoms with van der Waals surface area (Å²) in [5.74, 6) is 0.933. The summed E-state index contributed by atoms with van der Waals surface area (Å²) in [6.07, 6.45) is 3.06. The number of nitrogens with zero attached hydrogens (tertiary/aromatic N) is 4. The number of fused-ring (bicyclic) bond motifs is 1. The van der Waals surface area contributed by atoms with Gasteiger partial charge in [0, 0.05) is 31.8 Å². The molecule has 2 amide bonds. The minimum absolute atomic E-state index is 0.00692. The lowest BCUT2D eigenvalue weighted by atomic mass is 9.97. The first kappa shape index (κ1) is 19.5. The van der Waals surface area contributed by atoms with Gasteiger partial charge in [-0.15, -0.1) is 10.2 Å². The minimum Gasteiger partial charge on any atom is -0.342 e. The van der Waals surface area contributed by atoms with Crippen molar-refractivity contribution in [1.82, 2.24) is 25.1 Å². The Kier molecular flexibility index (Phi) is 5.84. The van der Waals surface area contributed by atoms with E-state index in [9.17, 15) is 9.59 Å². The van der Waals surface area contributed by atoms with Crippen LogP contribution in [-0.4, -0.2) is 50.0 Å². The number of hydrogen-bond acceptors (Lipinski definition) is 6. The highest BCUT2D eigenvalue weighted by molar-refractivity contribution is 7.15. The molecule has 1 saturated heterocycles. The van der Waals surface area contributed by atoms with Crippen LogP contribution in [0.5, 0.6) is 0 Å². The third-order valence-corrected chi connectivity index (χ3v) is 6.13. The Hall–Kier alpha value is -2.81. The van der Waals surface area contributed by atoms with E-state index in [1.807, 2.05) is 36.1 Å². The lowest BCUT2D eigenvalue weighted by molar-refractivity contribution is -0.134. The summed E-state index contributed by atoms with van der Waals surface area (Å²) in [7, 11) is 0. The van der Waals surface area contributed by atoms with E-state index in [2.05, 4.69) is 20.5 Å². The third-order valence-electron chi connectivity index (χ3n) is 5.15. The van der Waals surface area contributed by atoms with Crippen LogP contribution in [0.1, 0.15) is 49.4 Å². The van der Waals surface area contributed by atoms with Crippen molar-refractivity contribution in [2.75, 3.05) is 18.4 Å². The largest absolute Gasteiger partial charge is 0.342 e. The number of carbonyl (C=O) groups excluding carboxylic acids is 2. The molecule has 4 rings (SSSR count). The van der Waals surface area contributed by atoms with Gasteiger partial charge in [0.15, 0.2) is 0 Å². The van der Waals surface area contributed by atoms with Crippen molar-refractivity contribution in [1.29, 1.82) is 0 Å². The predicted molar refractivity (Wildman–Crippen MR) is 112 cm³/mol. The van der Waals surface area contributed by atoms with E-state index in [0.29, 0.717) is 11.7 Å². The van der Waals surface area contributed by atoms with Crippen LogP contribution in [0.3, 0.4) is 0 Å². The van der Waals surface area contributed by atoms with E-state index in [0.717, 1.165) is 47.7 Å². The Morgan fingerprint density at radius 2 is 2.14 bits per heavy atom. The number of carbonyl (C=O) groups is 2. The Morgan fingerprint density at radius 1 is 1.28 bits per heavy atom. The molecule has 2 aromatic heterocycles. The number of imidazole rings is 1. The molecule has 1 unspecified atom stereocenters. The van der Waals surface area contributed by atoms with E-state index in [1.165, 1.54) is 11.3 Å². The van der Waals surface area contributed by atoms with Crippen LogP contribution >= 0.6 is 11.3 Å². The molecule has 1 aliphatic heterocycles.